The molecular weight excluding hydrogens is 1010 g/mol. The van der Waals surface area contributed by atoms with Gasteiger partial charge < -0.3 is 9.13 Å². The van der Waals surface area contributed by atoms with Crippen LogP contribution in [0.4, 0.5) is 17.1 Å². The van der Waals surface area contributed by atoms with Gasteiger partial charge in [0, 0.05) is 32.7 Å². The van der Waals surface area contributed by atoms with Gasteiger partial charge >= 0.3 is 0 Å². The number of hydrogen-bond acceptors (Lipinski definition) is 7. The lowest BCUT2D eigenvalue weighted by molar-refractivity contribution is 1.10. The molecule has 0 bridgehead atoms. The van der Waals surface area contributed by atoms with Gasteiger partial charge in [0.05, 0.1) is 123 Å². The van der Waals surface area contributed by atoms with Crippen LogP contribution in [0.15, 0.2) is 182 Å². The highest BCUT2D eigenvalue weighted by molar-refractivity contribution is 6.15. The van der Waals surface area contributed by atoms with Gasteiger partial charge in [-0.25, -0.2) is 14.5 Å². The van der Waals surface area contributed by atoms with Crippen molar-refractivity contribution >= 4 is 60.7 Å². The lowest BCUT2D eigenvalue weighted by Crippen LogP contribution is -2.04. The van der Waals surface area contributed by atoms with Crippen molar-refractivity contribution in [1.82, 2.24) is 9.13 Å². The third kappa shape index (κ3) is 8.09. The summed E-state index contributed by atoms with van der Waals surface area (Å²) < 4.78 is 4.20. The Hall–Kier alpha value is -13.3. The van der Waals surface area contributed by atoms with E-state index in [9.17, 15) is 36.8 Å². The minimum absolute atomic E-state index is 0.287. The molecule has 0 fully saturated rings. The average molecular weight is 1040 g/mol. The van der Waals surface area contributed by atoms with Crippen LogP contribution >= 0.6 is 0 Å². The predicted molar refractivity (Wildman–Crippen MR) is 314 cm³/mol. The highest BCUT2D eigenvalue weighted by Crippen LogP contribution is 2.47. The van der Waals surface area contributed by atoms with Crippen LogP contribution in [0.2, 0.25) is 0 Å². The predicted octanol–water partition coefficient (Wildman–Crippen LogP) is 17.0. The fourth-order valence-corrected chi connectivity index (χ4v) is 11.0. The third-order valence-electron chi connectivity index (χ3n) is 14.8. The van der Waals surface area contributed by atoms with Gasteiger partial charge in [-0.15, -0.1) is 0 Å². The summed E-state index contributed by atoms with van der Waals surface area (Å²) in [6.07, 6.45) is 0. The molecule has 0 spiro atoms. The van der Waals surface area contributed by atoms with Crippen molar-refractivity contribution in [1.29, 1.82) is 36.8 Å². The van der Waals surface area contributed by atoms with Gasteiger partial charge in [-0.3, -0.25) is 0 Å². The van der Waals surface area contributed by atoms with E-state index >= 15 is 0 Å². The van der Waals surface area contributed by atoms with Crippen molar-refractivity contribution in [3.63, 3.8) is 0 Å². The number of rotatable bonds is 7. The lowest BCUT2D eigenvalue weighted by atomic mass is 9.95. The molecule has 0 aliphatic carbocycles. The van der Waals surface area contributed by atoms with Crippen molar-refractivity contribution in [3.05, 3.63) is 255 Å². The summed E-state index contributed by atoms with van der Waals surface area (Å²) in [7, 11) is 0. The molecule has 2 heterocycles. The summed E-state index contributed by atoms with van der Waals surface area (Å²) in [6.45, 7) is 24.5. The third-order valence-corrected chi connectivity index (χ3v) is 14.8. The minimum Gasteiger partial charge on any atom is -0.308 e. The Kier molecular flexibility index (Phi) is 12.1. The Morgan fingerprint density at radius 3 is 1.11 bits per heavy atom. The van der Waals surface area contributed by atoms with Crippen LogP contribution in [0, 0.1) is 99.0 Å². The van der Waals surface area contributed by atoms with Crippen LogP contribution in [0.1, 0.15) is 38.9 Å². The van der Waals surface area contributed by atoms with Gasteiger partial charge in [0.1, 0.15) is 0 Å². The van der Waals surface area contributed by atoms with Crippen molar-refractivity contribution in [2.75, 3.05) is 0 Å². The zero-order chi connectivity index (χ0) is 56.8. The van der Waals surface area contributed by atoms with Crippen molar-refractivity contribution < 1.29 is 0 Å². The van der Waals surface area contributed by atoms with E-state index < -0.39 is 0 Å². The topological polar surface area (TPSA) is 189 Å². The first-order chi connectivity index (χ1) is 40.2. The second kappa shape index (κ2) is 20.0. The summed E-state index contributed by atoms with van der Waals surface area (Å²) in [5.74, 6) is 0. The molecule has 0 aliphatic heterocycles. The Morgan fingerprint density at radius 1 is 0.293 bits per heavy atom. The number of hydrogen-bond donors (Lipinski definition) is 0. The highest BCUT2D eigenvalue weighted by Gasteiger charge is 2.25. The first-order valence-corrected chi connectivity index (χ1v) is 25.1. The quantitative estimate of drug-likeness (QED) is 0.142. The van der Waals surface area contributed by atoms with Crippen LogP contribution < -0.4 is 0 Å². The van der Waals surface area contributed by atoms with Crippen molar-refractivity contribution in [2.24, 2.45) is 0 Å². The Balaban J connectivity index is 1.22. The van der Waals surface area contributed by atoms with Gasteiger partial charge in [-0.05, 0) is 171 Å². The summed E-state index contributed by atoms with van der Waals surface area (Å²) >= 11 is 0. The van der Waals surface area contributed by atoms with E-state index in [1.165, 1.54) is 0 Å². The van der Waals surface area contributed by atoms with Gasteiger partial charge in [-0.2, -0.15) is 36.8 Å². The summed E-state index contributed by atoms with van der Waals surface area (Å²) in [4.78, 5) is 11.5. The first-order valence-electron chi connectivity index (χ1n) is 25.1. The number of benzene rings is 10. The largest absolute Gasteiger partial charge is 0.308 e. The molecule has 0 atom stereocenters. The molecule has 12 rings (SSSR count). The Bertz CT molecular complexity index is 5040. The van der Waals surface area contributed by atoms with Crippen molar-refractivity contribution in [3.8, 4) is 109 Å². The highest BCUT2D eigenvalue weighted by atomic mass is 15.1. The zero-order valence-electron chi connectivity index (χ0n) is 42.7. The Morgan fingerprint density at radius 2 is 0.671 bits per heavy atom. The van der Waals surface area contributed by atoms with Crippen LogP contribution in [0.5, 0.6) is 0 Å². The van der Waals surface area contributed by atoms with E-state index in [0.29, 0.717) is 128 Å². The van der Waals surface area contributed by atoms with Crippen LogP contribution in [0.25, 0.3) is 125 Å². The smallest absolute Gasteiger partial charge is 0.197 e. The monoisotopic (exact) mass is 1040 g/mol. The molecule has 82 heavy (non-hydrogen) atoms. The summed E-state index contributed by atoms with van der Waals surface area (Å²) in [6, 6.07) is 69.9. The SMILES string of the molecule is [C-]#[N+]c1ccc(-c2ccc3c(c2)c2cc(-c4ccc(C#N)cc4[N+]#[C-])ccc2n3-c2cc([N+]#[C-])c(-c3cccc(C#N)c3)cc2-n2c3ccc(-c4ccc(C#N)cc4C#N)cc3c3cc(-c4ccc(C#N)cc4C#N)ccc32)c(C#N)c1. The molecule has 12 nitrogen and oxygen atoms in total. The molecule has 2 aromatic heterocycles. The molecule has 0 radical (unpaired) electrons. The van der Waals surface area contributed by atoms with E-state index in [0.717, 1.165) is 32.6 Å². The molecule has 0 aliphatic rings. The maximum atomic E-state index is 10.4. The minimum atomic E-state index is 0.287. The normalized spacial score (nSPS) is 10.6. The van der Waals surface area contributed by atoms with Crippen molar-refractivity contribution in [2.45, 2.75) is 0 Å². The van der Waals surface area contributed by atoms with Crippen LogP contribution in [-0.4, -0.2) is 9.13 Å². The lowest BCUT2D eigenvalue weighted by Gasteiger charge is -2.20. The number of fused-ring (bicyclic) bond motifs is 6. The average Bonchev–Trinajstić information content (AvgIpc) is 4.24. The fraction of sp³-hybridized carbons (Fsp3) is 0. The molecule has 12 heteroatoms. The summed E-state index contributed by atoms with van der Waals surface area (Å²) in [5.41, 5.74) is 13.8. The molecule has 370 valence electrons. The van der Waals surface area contributed by atoms with Gasteiger partial charge in [-0.1, -0.05) is 66.7 Å². The number of nitriles is 7. The molecule has 0 saturated heterocycles. The molecule has 0 amide bonds. The van der Waals surface area contributed by atoms with E-state index in [1.807, 2.05) is 91.0 Å². The fourth-order valence-electron chi connectivity index (χ4n) is 11.0. The van der Waals surface area contributed by atoms with Crippen LogP contribution in [0.3, 0.4) is 0 Å². The molecule has 0 saturated carbocycles. The second-order valence-corrected chi connectivity index (χ2v) is 19.1. The van der Waals surface area contributed by atoms with Crippen LogP contribution in [-0.2, 0) is 0 Å². The first kappa shape index (κ1) is 49.6. The van der Waals surface area contributed by atoms with Gasteiger partial charge in [0.25, 0.3) is 0 Å². The van der Waals surface area contributed by atoms with E-state index in [2.05, 4.69) is 66.2 Å². The van der Waals surface area contributed by atoms with Gasteiger partial charge in [0.2, 0.25) is 0 Å². The number of aromatic nitrogens is 2. The molecule has 0 unspecified atom stereocenters. The maximum absolute atomic E-state index is 10.4. The second-order valence-electron chi connectivity index (χ2n) is 19.1. The Labute approximate surface area is 469 Å². The molecule has 12 aromatic rings. The standard InChI is InChI=1S/C70H30N12/c1-78-53-14-18-56(52(27-53)40-77)48-12-21-67-61(30-48)62-31-49(57-17-9-44(37-74)26-63(57)79-2)13-22-68(62)82(67)70-33-64(80-3)58(45-6-4-5-41(23-45)34-71)32-69(70)81-65-19-10-46(54-15-7-42(35-72)24-50(54)38-75)28-59(65)60-29-47(11-20-66(60)81)55-16-8-43(36-73)25-51(55)39-76/h4-33H. The molecule has 0 N–H and O–H groups in total. The zero-order valence-corrected chi connectivity index (χ0v) is 42.7. The van der Waals surface area contributed by atoms with E-state index in [4.69, 9.17) is 19.7 Å². The molecular formula is C70H30N12. The number of nitrogens with zero attached hydrogens (tertiary/aromatic N) is 12. The van der Waals surface area contributed by atoms with Gasteiger partial charge in [0.15, 0.2) is 17.1 Å². The summed E-state index contributed by atoms with van der Waals surface area (Å²) in [5, 5.41) is 73.6. The maximum Gasteiger partial charge on any atom is 0.197 e. The molecule has 10 aromatic carbocycles. The van der Waals surface area contributed by atoms with E-state index in [1.54, 1.807) is 91.0 Å². The van der Waals surface area contributed by atoms with E-state index in [-0.39, 0.29) is 5.69 Å².